The van der Waals surface area contributed by atoms with Gasteiger partial charge in [-0.1, -0.05) is 17.7 Å². The smallest absolute Gasteiger partial charge is 0.248 e. The van der Waals surface area contributed by atoms with Gasteiger partial charge in [0.15, 0.2) is 0 Å². The maximum absolute atomic E-state index is 12.5. The summed E-state index contributed by atoms with van der Waals surface area (Å²) in [4.78, 5) is 23.3. The number of sulfonamides is 1. The van der Waals surface area contributed by atoms with Crippen molar-refractivity contribution < 1.29 is 18.0 Å². The largest absolute Gasteiger partial charge is 0.366 e. The van der Waals surface area contributed by atoms with Gasteiger partial charge >= 0.3 is 0 Å². The van der Waals surface area contributed by atoms with Gasteiger partial charge in [0.2, 0.25) is 21.8 Å². The van der Waals surface area contributed by atoms with Crippen LogP contribution in [0.3, 0.4) is 0 Å². The molecule has 27 heavy (non-hydrogen) atoms. The Morgan fingerprint density at radius 3 is 2.07 bits per heavy atom. The summed E-state index contributed by atoms with van der Waals surface area (Å²) in [5, 5.41) is 2.64. The zero-order chi connectivity index (χ0) is 20.2. The molecule has 8 heteroatoms. The lowest BCUT2D eigenvalue weighted by atomic mass is 10.1. The van der Waals surface area contributed by atoms with E-state index < -0.39 is 15.9 Å². The van der Waals surface area contributed by atoms with Crippen LogP contribution in [0.15, 0.2) is 41.3 Å². The molecule has 0 aliphatic rings. The Hall–Kier alpha value is -2.71. The van der Waals surface area contributed by atoms with Crippen molar-refractivity contribution in [2.75, 3.05) is 11.9 Å². The lowest BCUT2D eigenvalue weighted by Crippen LogP contribution is -2.29. The molecule has 2 aromatic carbocycles. The van der Waals surface area contributed by atoms with Crippen LogP contribution >= 0.6 is 0 Å². The Bertz CT molecular complexity index is 944. The Kier molecular flexibility index (Phi) is 6.35. The Morgan fingerprint density at radius 1 is 1.00 bits per heavy atom. The van der Waals surface area contributed by atoms with E-state index in [1.807, 2.05) is 19.1 Å². The number of nitrogens with one attached hydrogen (secondary N) is 2. The van der Waals surface area contributed by atoms with Crippen molar-refractivity contribution in [2.24, 2.45) is 5.73 Å². The van der Waals surface area contributed by atoms with Gasteiger partial charge in [0.05, 0.1) is 4.90 Å². The molecule has 2 aromatic rings. The molecule has 0 aromatic heterocycles. The maximum Gasteiger partial charge on any atom is 0.248 e. The highest BCUT2D eigenvalue weighted by molar-refractivity contribution is 7.89. The first kappa shape index (κ1) is 20.6. The third-order valence-corrected chi connectivity index (χ3v) is 5.74. The van der Waals surface area contributed by atoms with Crippen LogP contribution in [-0.2, 0) is 14.8 Å². The Morgan fingerprint density at radius 2 is 1.56 bits per heavy atom. The molecule has 0 atom stereocenters. The van der Waals surface area contributed by atoms with Crippen molar-refractivity contribution in [1.82, 2.24) is 4.72 Å². The fourth-order valence-corrected chi connectivity index (χ4v) is 4.38. The summed E-state index contributed by atoms with van der Waals surface area (Å²) in [5.74, 6) is -0.897. The average molecular weight is 389 g/mol. The molecular weight excluding hydrogens is 366 g/mol. The second-order valence-electron chi connectivity index (χ2n) is 6.37. The first-order chi connectivity index (χ1) is 12.6. The molecule has 0 aliphatic carbocycles. The van der Waals surface area contributed by atoms with Gasteiger partial charge in [0.25, 0.3) is 0 Å². The summed E-state index contributed by atoms with van der Waals surface area (Å²) in [6.07, 6.45) is -0.0270. The van der Waals surface area contributed by atoms with Gasteiger partial charge in [-0.05, 0) is 56.2 Å². The molecule has 2 rings (SSSR count). The molecule has 0 fully saturated rings. The molecule has 0 bridgehead atoms. The highest BCUT2D eigenvalue weighted by atomic mass is 32.2. The zero-order valence-corrected chi connectivity index (χ0v) is 16.3. The molecule has 144 valence electrons. The fraction of sp³-hybridized carbons (Fsp3) is 0.263. The van der Waals surface area contributed by atoms with Crippen LogP contribution in [0.25, 0.3) is 0 Å². The van der Waals surface area contributed by atoms with Gasteiger partial charge in [-0.15, -0.1) is 0 Å². The number of amides is 2. The quantitative estimate of drug-likeness (QED) is 0.671. The van der Waals surface area contributed by atoms with Crippen LogP contribution in [0, 0.1) is 20.8 Å². The van der Waals surface area contributed by atoms with E-state index in [1.165, 1.54) is 12.1 Å². The van der Waals surface area contributed by atoms with Crippen molar-refractivity contribution in [1.29, 1.82) is 0 Å². The van der Waals surface area contributed by atoms with E-state index in [2.05, 4.69) is 10.0 Å². The number of nitrogens with two attached hydrogens (primary N) is 1. The Balaban J connectivity index is 1.95. The van der Waals surface area contributed by atoms with E-state index in [0.29, 0.717) is 22.4 Å². The molecule has 0 radical (unpaired) electrons. The van der Waals surface area contributed by atoms with E-state index in [-0.39, 0.29) is 23.8 Å². The molecular formula is C19H23N3O4S. The number of carbonyl (C=O) groups excluding carboxylic acids is 2. The minimum absolute atomic E-state index is 0.0270. The number of anilines is 1. The molecule has 0 saturated heterocycles. The highest BCUT2D eigenvalue weighted by Gasteiger charge is 2.19. The fourth-order valence-electron chi connectivity index (χ4n) is 2.90. The van der Waals surface area contributed by atoms with E-state index in [1.54, 1.807) is 26.0 Å². The standard InChI is InChI=1S/C19H23N3O4S/c1-12-10-13(2)18(14(3)11-12)27(25,26)21-9-8-17(23)22-16-6-4-15(5-7-16)19(20)24/h4-7,10-11,21H,8-9H2,1-3H3,(H2,20,24)(H,22,23). The van der Waals surface area contributed by atoms with Gasteiger partial charge in [0, 0.05) is 24.2 Å². The first-order valence-electron chi connectivity index (χ1n) is 8.37. The second-order valence-corrected chi connectivity index (χ2v) is 8.07. The minimum atomic E-state index is -3.70. The molecule has 2 amide bonds. The lowest BCUT2D eigenvalue weighted by molar-refractivity contribution is -0.116. The van der Waals surface area contributed by atoms with Gasteiger partial charge in [-0.3, -0.25) is 9.59 Å². The number of carbonyl (C=O) groups is 2. The van der Waals surface area contributed by atoms with E-state index >= 15 is 0 Å². The van der Waals surface area contributed by atoms with Crippen molar-refractivity contribution >= 4 is 27.5 Å². The average Bonchev–Trinajstić information content (AvgIpc) is 2.53. The van der Waals surface area contributed by atoms with Gasteiger partial charge in [-0.2, -0.15) is 0 Å². The number of rotatable bonds is 7. The number of hydrogen-bond acceptors (Lipinski definition) is 4. The van der Waals surface area contributed by atoms with Crippen LogP contribution < -0.4 is 15.8 Å². The summed E-state index contributed by atoms with van der Waals surface area (Å²) < 4.78 is 27.5. The molecule has 0 unspecified atom stereocenters. The predicted molar refractivity (Wildman–Crippen MR) is 104 cm³/mol. The van der Waals surface area contributed by atoms with Crippen LogP contribution in [0.5, 0.6) is 0 Å². The highest BCUT2D eigenvalue weighted by Crippen LogP contribution is 2.21. The SMILES string of the molecule is Cc1cc(C)c(S(=O)(=O)NCCC(=O)Nc2ccc(C(N)=O)cc2)c(C)c1. The molecule has 4 N–H and O–H groups in total. The summed E-state index contributed by atoms with van der Waals surface area (Å²) >= 11 is 0. The third kappa shape index (κ3) is 5.38. The van der Waals surface area contributed by atoms with Crippen molar-refractivity contribution in [3.63, 3.8) is 0 Å². The van der Waals surface area contributed by atoms with Crippen LogP contribution in [0.2, 0.25) is 0 Å². The summed E-state index contributed by atoms with van der Waals surface area (Å²) in [6.45, 7) is 5.37. The third-order valence-electron chi connectivity index (χ3n) is 3.97. The number of benzene rings is 2. The molecule has 0 spiro atoms. The maximum atomic E-state index is 12.5. The number of primary amides is 1. The molecule has 0 saturated carbocycles. The van der Waals surface area contributed by atoms with Crippen molar-refractivity contribution in [3.8, 4) is 0 Å². The number of hydrogen-bond donors (Lipinski definition) is 3. The lowest BCUT2D eigenvalue weighted by Gasteiger charge is -2.13. The minimum Gasteiger partial charge on any atom is -0.366 e. The van der Waals surface area contributed by atoms with Crippen molar-refractivity contribution in [3.05, 3.63) is 58.7 Å². The van der Waals surface area contributed by atoms with Crippen LogP contribution in [-0.4, -0.2) is 26.8 Å². The summed E-state index contributed by atoms with van der Waals surface area (Å²) in [5.41, 5.74) is 8.32. The van der Waals surface area contributed by atoms with Crippen LogP contribution in [0.1, 0.15) is 33.5 Å². The second kappa shape index (κ2) is 8.32. The summed E-state index contributed by atoms with van der Waals surface area (Å²) in [6, 6.07) is 9.74. The molecule has 0 aliphatic heterocycles. The van der Waals surface area contributed by atoms with Crippen LogP contribution in [0.4, 0.5) is 5.69 Å². The van der Waals surface area contributed by atoms with Gasteiger partial charge in [0.1, 0.15) is 0 Å². The zero-order valence-electron chi connectivity index (χ0n) is 15.5. The van der Waals surface area contributed by atoms with E-state index in [9.17, 15) is 18.0 Å². The van der Waals surface area contributed by atoms with Gasteiger partial charge in [-0.25, -0.2) is 13.1 Å². The molecule has 7 nitrogen and oxygen atoms in total. The molecule has 0 heterocycles. The normalized spacial score (nSPS) is 11.2. The monoisotopic (exact) mass is 389 g/mol. The summed E-state index contributed by atoms with van der Waals surface area (Å²) in [7, 11) is -3.70. The van der Waals surface area contributed by atoms with Gasteiger partial charge < -0.3 is 11.1 Å². The number of aryl methyl sites for hydroxylation is 3. The topological polar surface area (TPSA) is 118 Å². The van der Waals surface area contributed by atoms with E-state index in [4.69, 9.17) is 5.73 Å². The first-order valence-corrected chi connectivity index (χ1v) is 9.85. The van der Waals surface area contributed by atoms with Crippen molar-refractivity contribution in [2.45, 2.75) is 32.1 Å². The van der Waals surface area contributed by atoms with E-state index in [0.717, 1.165) is 5.56 Å². The Labute approximate surface area is 159 Å². The predicted octanol–water partition coefficient (Wildman–Crippen LogP) is 2.02.